The molecule has 1 aromatic rings. The van der Waals surface area contributed by atoms with Gasteiger partial charge in [0.25, 0.3) is 0 Å². The molecule has 1 amide bonds. The smallest absolute Gasteiger partial charge is 0.242 e. The Kier molecular flexibility index (Phi) is 3.94. The first-order chi connectivity index (χ1) is 8.47. The Balaban J connectivity index is 2.04. The molecule has 0 aliphatic carbocycles. The molecule has 0 radical (unpaired) electrons. The fourth-order valence-corrected chi connectivity index (χ4v) is 3.15. The quantitative estimate of drug-likeness (QED) is 0.855. The highest BCUT2D eigenvalue weighted by molar-refractivity contribution is 7.99. The minimum absolute atomic E-state index is 0.0906. The number of sulfone groups is 1. The lowest BCUT2D eigenvalue weighted by atomic mass is 10.2. The number of amides is 1. The highest BCUT2D eigenvalue weighted by Crippen LogP contribution is 2.15. The summed E-state index contributed by atoms with van der Waals surface area (Å²) in [5, 5.41) is 5.82. The second kappa shape index (κ2) is 5.29. The fraction of sp³-hybridized carbons (Fsp3) is 0.364. The molecule has 0 aromatic heterocycles. The molecule has 0 bridgehead atoms. The number of hydrogen-bond donors (Lipinski definition) is 2. The number of nitrogens with one attached hydrogen (secondary N) is 2. The maximum Gasteiger partial charge on any atom is 0.242 e. The van der Waals surface area contributed by atoms with Crippen LogP contribution in [0.25, 0.3) is 0 Å². The van der Waals surface area contributed by atoms with E-state index in [9.17, 15) is 13.2 Å². The Hall–Kier alpha value is -1.05. The summed E-state index contributed by atoms with van der Waals surface area (Å²) in [4.78, 5) is 12.0. The van der Waals surface area contributed by atoms with E-state index in [4.69, 9.17) is 0 Å². The maximum absolute atomic E-state index is 11.8. The van der Waals surface area contributed by atoms with Gasteiger partial charge in [-0.25, -0.2) is 8.42 Å². The van der Waals surface area contributed by atoms with Crippen molar-refractivity contribution in [2.45, 2.75) is 10.9 Å². The van der Waals surface area contributed by atoms with Crippen molar-refractivity contribution in [2.75, 3.05) is 23.2 Å². The van der Waals surface area contributed by atoms with Gasteiger partial charge in [0, 0.05) is 23.6 Å². The van der Waals surface area contributed by atoms with Gasteiger partial charge in [0.15, 0.2) is 9.84 Å². The van der Waals surface area contributed by atoms with Crippen LogP contribution in [0.1, 0.15) is 0 Å². The Morgan fingerprint density at radius 3 is 2.56 bits per heavy atom. The van der Waals surface area contributed by atoms with Gasteiger partial charge < -0.3 is 5.32 Å². The molecule has 18 heavy (non-hydrogen) atoms. The van der Waals surface area contributed by atoms with E-state index in [1.165, 1.54) is 12.1 Å². The third-order valence-corrected chi connectivity index (χ3v) is 4.65. The Morgan fingerprint density at radius 1 is 1.39 bits per heavy atom. The fourth-order valence-electron chi connectivity index (χ4n) is 1.58. The molecule has 1 heterocycles. The van der Waals surface area contributed by atoms with Crippen LogP contribution in [0.5, 0.6) is 0 Å². The van der Waals surface area contributed by atoms with Crippen molar-refractivity contribution in [3.63, 3.8) is 0 Å². The van der Waals surface area contributed by atoms with Crippen molar-refractivity contribution in [3.8, 4) is 0 Å². The van der Waals surface area contributed by atoms with Gasteiger partial charge in [0.1, 0.15) is 0 Å². The monoisotopic (exact) mass is 286 g/mol. The summed E-state index contributed by atoms with van der Waals surface area (Å²) in [6, 6.07) is 5.99. The first-order valence-corrected chi connectivity index (χ1v) is 8.43. The van der Waals surface area contributed by atoms with E-state index in [-0.39, 0.29) is 16.8 Å². The zero-order chi connectivity index (χ0) is 13.2. The molecule has 1 aromatic carbocycles. The zero-order valence-electron chi connectivity index (χ0n) is 9.84. The Labute approximate surface area is 110 Å². The number of benzene rings is 1. The minimum atomic E-state index is -3.19. The molecule has 1 aliphatic heterocycles. The van der Waals surface area contributed by atoms with Crippen molar-refractivity contribution in [1.82, 2.24) is 5.32 Å². The first kappa shape index (κ1) is 13.4. The molecule has 98 valence electrons. The lowest BCUT2D eigenvalue weighted by Gasteiger charge is -2.10. The van der Waals surface area contributed by atoms with Crippen LogP contribution >= 0.6 is 11.8 Å². The molecule has 2 N–H and O–H groups in total. The molecule has 0 saturated carbocycles. The van der Waals surface area contributed by atoms with Gasteiger partial charge in [-0.15, -0.1) is 11.8 Å². The Bertz CT molecular complexity index is 534. The lowest BCUT2D eigenvalue weighted by Crippen LogP contribution is -2.37. The molecule has 1 fully saturated rings. The van der Waals surface area contributed by atoms with Crippen LogP contribution in [0.4, 0.5) is 5.69 Å². The van der Waals surface area contributed by atoms with E-state index in [1.807, 2.05) is 0 Å². The van der Waals surface area contributed by atoms with E-state index >= 15 is 0 Å². The summed E-state index contributed by atoms with van der Waals surface area (Å²) in [7, 11) is -3.19. The van der Waals surface area contributed by atoms with Crippen LogP contribution in [-0.4, -0.2) is 38.3 Å². The summed E-state index contributed by atoms with van der Waals surface area (Å²) in [6.45, 7) is 0. The predicted molar refractivity (Wildman–Crippen MR) is 72.4 cm³/mol. The second-order valence-electron chi connectivity index (χ2n) is 4.06. The van der Waals surface area contributed by atoms with Crippen molar-refractivity contribution < 1.29 is 13.2 Å². The maximum atomic E-state index is 11.8. The number of anilines is 1. The molecule has 1 aliphatic rings. The molecular formula is C11H14N2O3S2. The van der Waals surface area contributed by atoms with E-state index in [0.717, 1.165) is 17.9 Å². The molecule has 7 heteroatoms. The summed E-state index contributed by atoms with van der Waals surface area (Å²) < 4.78 is 22.6. The molecule has 5 nitrogen and oxygen atoms in total. The number of hydrogen-bond acceptors (Lipinski definition) is 5. The highest BCUT2D eigenvalue weighted by Gasteiger charge is 2.22. The minimum Gasteiger partial charge on any atom is -0.325 e. The third kappa shape index (κ3) is 3.24. The summed E-state index contributed by atoms with van der Waals surface area (Å²) in [5.41, 5.74) is 0.603. The molecule has 1 unspecified atom stereocenters. The van der Waals surface area contributed by atoms with Crippen LogP contribution in [0, 0.1) is 0 Å². The summed E-state index contributed by atoms with van der Waals surface area (Å²) in [5.74, 6) is 1.45. The van der Waals surface area contributed by atoms with Crippen LogP contribution in [0.3, 0.4) is 0 Å². The zero-order valence-corrected chi connectivity index (χ0v) is 11.5. The van der Waals surface area contributed by atoms with Gasteiger partial charge >= 0.3 is 0 Å². The first-order valence-electron chi connectivity index (χ1n) is 5.39. The van der Waals surface area contributed by atoms with Crippen LogP contribution in [0.15, 0.2) is 29.2 Å². The predicted octanol–water partition coefficient (Wildman–Crippen LogP) is 0.691. The number of rotatable bonds is 3. The second-order valence-corrected chi connectivity index (χ2v) is 7.10. The normalized spacial score (nSPS) is 19.7. The molecule has 0 spiro atoms. The molecule has 2 rings (SSSR count). The van der Waals surface area contributed by atoms with Crippen LogP contribution in [-0.2, 0) is 14.6 Å². The van der Waals surface area contributed by atoms with Gasteiger partial charge in [0.05, 0.1) is 10.9 Å². The number of thioether (sulfide) groups is 1. The van der Waals surface area contributed by atoms with E-state index in [1.54, 1.807) is 23.9 Å². The van der Waals surface area contributed by atoms with Gasteiger partial charge in [-0.2, -0.15) is 0 Å². The van der Waals surface area contributed by atoms with Crippen LogP contribution < -0.4 is 10.6 Å². The highest BCUT2D eigenvalue weighted by atomic mass is 32.2. The van der Waals surface area contributed by atoms with Gasteiger partial charge in [-0.05, 0) is 24.3 Å². The topological polar surface area (TPSA) is 75.3 Å². The molecule has 1 atom stereocenters. The molecule has 1 saturated heterocycles. The van der Waals surface area contributed by atoms with E-state index < -0.39 is 9.84 Å². The lowest BCUT2D eigenvalue weighted by molar-refractivity contribution is -0.117. The van der Waals surface area contributed by atoms with Crippen molar-refractivity contribution in [2.24, 2.45) is 0 Å². The average molecular weight is 286 g/mol. The van der Waals surface area contributed by atoms with Crippen molar-refractivity contribution in [3.05, 3.63) is 24.3 Å². The number of carbonyl (C=O) groups excluding carboxylic acids is 1. The summed E-state index contributed by atoms with van der Waals surface area (Å²) in [6.07, 6.45) is 1.15. The number of carbonyl (C=O) groups is 1. The third-order valence-electron chi connectivity index (χ3n) is 2.58. The van der Waals surface area contributed by atoms with Crippen molar-refractivity contribution >= 4 is 33.2 Å². The van der Waals surface area contributed by atoms with E-state index in [2.05, 4.69) is 10.6 Å². The largest absolute Gasteiger partial charge is 0.325 e. The Morgan fingerprint density at radius 2 is 2.06 bits per heavy atom. The van der Waals surface area contributed by atoms with Gasteiger partial charge in [-0.1, -0.05) is 0 Å². The molecular weight excluding hydrogens is 272 g/mol. The van der Waals surface area contributed by atoms with Gasteiger partial charge in [-0.3, -0.25) is 10.1 Å². The van der Waals surface area contributed by atoms with E-state index in [0.29, 0.717) is 5.69 Å². The van der Waals surface area contributed by atoms with Crippen molar-refractivity contribution in [1.29, 1.82) is 0 Å². The average Bonchev–Trinajstić information content (AvgIpc) is 2.82. The SMILES string of the molecule is CS(=O)(=O)c1ccc(NC(=O)C2CSCN2)cc1. The van der Waals surface area contributed by atoms with Crippen LogP contribution in [0.2, 0.25) is 0 Å². The van der Waals surface area contributed by atoms with Gasteiger partial charge in [0.2, 0.25) is 5.91 Å². The summed E-state index contributed by atoms with van der Waals surface area (Å²) >= 11 is 1.68. The standard InChI is InChI=1S/C11H14N2O3S2/c1-18(15,16)9-4-2-8(3-5-9)13-11(14)10-6-17-7-12-10/h2-5,10,12H,6-7H2,1H3,(H,13,14).